The smallest absolute Gasteiger partial charge is 0.227 e. The lowest BCUT2D eigenvalue weighted by Crippen LogP contribution is -2.48. The second-order valence-electron chi connectivity index (χ2n) is 5.78. The maximum atomic E-state index is 12.6. The van der Waals surface area contributed by atoms with Crippen LogP contribution in [-0.2, 0) is 9.53 Å². The normalized spacial score (nSPS) is 29.0. The fourth-order valence-corrected chi connectivity index (χ4v) is 3.11. The molecule has 0 aliphatic carbocycles. The summed E-state index contributed by atoms with van der Waals surface area (Å²) in [5, 5.41) is 3.27. The quantitative estimate of drug-likeness (QED) is 0.908. The van der Waals surface area contributed by atoms with Crippen molar-refractivity contribution in [3.05, 3.63) is 35.9 Å². The van der Waals surface area contributed by atoms with Crippen LogP contribution in [-0.4, -0.2) is 43.1 Å². The fourth-order valence-electron chi connectivity index (χ4n) is 3.11. The lowest BCUT2D eigenvalue weighted by molar-refractivity contribution is -0.148. The van der Waals surface area contributed by atoms with Gasteiger partial charge in [-0.15, -0.1) is 12.4 Å². The van der Waals surface area contributed by atoms with E-state index in [1.54, 1.807) is 0 Å². The molecular weight excluding hydrogens is 288 g/mol. The predicted octanol–water partition coefficient (Wildman–Crippen LogP) is 2.01. The third-order valence-corrected chi connectivity index (χ3v) is 4.15. The summed E-state index contributed by atoms with van der Waals surface area (Å²) in [5.74, 6) is 0.433. The van der Waals surface area contributed by atoms with E-state index >= 15 is 0 Å². The molecule has 2 aliphatic rings. The van der Waals surface area contributed by atoms with Gasteiger partial charge in [-0.1, -0.05) is 30.3 Å². The number of carbonyl (C=O) groups is 1. The third kappa shape index (κ3) is 3.76. The van der Waals surface area contributed by atoms with E-state index < -0.39 is 0 Å². The number of benzene rings is 1. The maximum Gasteiger partial charge on any atom is 0.227 e. The molecule has 1 aromatic carbocycles. The molecule has 1 amide bonds. The van der Waals surface area contributed by atoms with Crippen molar-refractivity contribution >= 4 is 18.3 Å². The molecule has 1 N–H and O–H groups in total. The predicted molar refractivity (Wildman–Crippen MR) is 84.5 cm³/mol. The van der Waals surface area contributed by atoms with Gasteiger partial charge in [0, 0.05) is 13.1 Å². The molecule has 0 bridgehead atoms. The van der Waals surface area contributed by atoms with E-state index in [4.69, 9.17) is 4.74 Å². The Morgan fingerprint density at radius 1 is 1.29 bits per heavy atom. The number of amides is 1. The van der Waals surface area contributed by atoms with Gasteiger partial charge in [-0.3, -0.25) is 4.79 Å². The molecular formula is C16H23ClN2O2. The Morgan fingerprint density at radius 3 is 2.71 bits per heavy atom. The van der Waals surface area contributed by atoms with Gasteiger partial charge in [0.25, 0.3) is 0 Å². The topological polar surface area (TPSA) is 41.6 Å². The Bertz CT molecular complexity index is 463. The van der Waals surface area contributed by atoms with Crippen LogP contribution < -0.4 is 5.32 Å². The van der Waals surface area contributed by atoms with Gasteiger partial charge in [0.2, 0.25) is 5.91 Å². The summed E-state index contributed by atoms with van der Waals surface area (Å²) in [4.78, 5) is 14.5. The number of rotatable bonds is 2. The Balaban J connectivity index is 0.00000161. The molecule has 0 spiro atoms. The summed E-state index contributed by atoms with van der Waals surface area (Å²) in [5.41, 5.74) is 1.15. The van der Waals surface area contributed by atoms with E-state index in [1.165, 1.54) is 0 Å². The second-order valence-corrected chi connectivity index (χ2v) is 5.78. The van der Waals surface area contributed by atoms with E-state index in [0.717, 1.165) is 25.1 Å². The molecule has 2 aliphatic heterocycles. The van der Waals surface area contributed by atoms with Crippen molar-refractivity contribution < 1.29 is 9.53 Å². The minimum absolute atomic E-state index is 0. The van der Waals surface area contributed by atoms with Gasteiger partial charge in [-0.05, 0) is 25.5 Å². The Labute approximate surface area is 132 Å². The molecule has 4 nitrogen and oxygen atoms in total. The highest BCUT2D eigenvalue weighted by Gasteiger charge is 2.33. The van der Waals surface area contributed by atoms with Crippen LogP contribution in [0.4, 0.5) is 0 Å². The zero-order chi connectivity index (χ0) is 13.9. The average Bonchev–Trinajstić information content (AvgIpc) is 3.01. The van der Waals surface area contributed by atoms with Gasteiger partial charge < -0.3 is 15.0 Å². The van der Waals surface area contributed by atoms with Crippen LogP contribution >= 0.6 is 12.4 Å². The number of ether oxygens (including phenoxy) is 1. The van der Waals surface area contributed by atoms with Crippen LogP contribution in [0.3, 0.4) is 0 Å². The lowest BCUT2D eigenvalue weighted by atomic mass is 10.0. The number of morpholine rings is 1. The Hall–Kier alpha value is -1.10. The minimum atomic E-state index is -0.00161. The Kier molecular flexibility index (Phi) is 5.62. The molecule has 0 saturated carbocycles. The minimum Gasteiger partial charge on any atom is -0.367 e. The molecule has 116 valence electrons. The number of hydrogen-bond acceptors (Lipinski definition) is 3. The molecule has 1 aromatic rings. The number of halogens is 1. The zero-order valence-corrected chi connectivity index (χ0v) is 13.1. The summed E-state index contributed by atoms with van der Waals surface area (Å²) < 4.78 is 6.01. The zero-order valence-electron chi connectivity index (χ0n) is 12.3. The number of carbonyl (C=O) groups excluding carboxylic acids is 1. The van der Waals surface area contributed by atoms with Gasteiger partial charge in [0.15, 0.2) is 0 Å². The van der Waals surface area contributed by atoms with Gasteiger partial charge >= 0.3 is 0 Å². The molecule has 0 aromatic heterocycles. The molecule has 3 rings (SSSR count). The first-order valence-corrected chi connectivity index (χ1v) is 7.44. The molecule has 2 fully saturated rings. The van der Waals surface area contributed by atoms with E-state index in [2.05, 4.69) is 17.4 Å². The van der Waals surface area contributed by atoms with Crippen LogP contribution in [0.25, 0.3) is 0 Å². The van der Waals surface area contributed by atoms with Gasteiger partial charge in [-0.25, -0.2) is 0 Å². The van der Waals surface area contributed by atoms with E-state index in [-0.39, 0.29) is 36.4 Å². The van der Waals surface area contributed by atoms with Crippen LogP contribution in [0.1, 0.15) is 25.0 Å². The summed E-state index contributed by atoms with van der Waals surface area (Å²) in [6.45, 7) is 5.20. The van der Waals surface area contributed by atoms with Crippen molar-refractivity contribution in [2.24, 2.45) is 5.92 Å². The monoisotopic (exact) mass is 310 g/mol. The summed E-state index contributed by atoms with van der Waals surface area (Å²) in [7, 11) is 0. The highest BCUT2D eigenvalue weighted by atomic mass is 35.5. The number of nitrogens with one attached hydrogen (secondary N) is 1. The van der Waals surface area contributed by atoms with E-state index in [9.17, 15) is 4.79 Å². The van der Waals surface area contributed by atoms with Crippen LogP contribution in [0.15, 0.2) is 30.3 Å². The molecule has 2 saturated heterocycles. The summed E-state index contributed by atoms with van der Waals surface area (Å²) in [6, 6.07) is 10.2. The van der Waals surface area contributed by atoms with E-state index in [0.29, 0.717) is 13.1 Å². The SMILES string of the molecule is CC1CN(C(=O)C2CCNC2)CC(c2ccccc2)O1.Cl. The number of nitrogens with zero attached hydrogens (tertiary/aromatic N) is 1. The van der Waals surface area contributed by atoms with Crippen molar-refractivity contribution in [3.63, 3.8) is 0 Å². The van der Waals surface area contributed by atoms with Crippen LogP contribution in [0.2, 0.25) is 0 Å². The van der Waals surface area contributed by atoms with Crippen molar-refractivity contribution in [3.8, 4) is 0 Å². The molecule has 3 unspecified atom stereocenters. The first-order valence-electron chi connectivity index (χ1n) is 7.44. The Morgan fingerprint density at radius 2 is 2.05 bits per heavy atom. The molecule has 21 heavy (non-hydrogen) atoms. The standard InChI is InChI=1S/C16H22N2O2.ClH/c1-12-10-18(16(19)14-7-8-17-9-14)11-15(20-12)13-5-3-2-4-6-13;/h2-6,12,14-15,17H,7-11H2,1H3;1H. The van der Waals surface area contributed by atoms with Crippen LogP contribution in [0, 0.1) is 5.92 Å². The third-order valence-electron chi connectivity index (χ3n) is 4.15. The first kappa shape index (κ1) is 16.3. The number of hydrogen-bond donors (Lipinski definition) is 1. The van der Waals surface area contributed by atoms with Gasteiger partial charge in [0.1, 0.15) is 6.10 Å². The summed E-state index contributed by atoms with van der Waals surface area (Å²) in [6.07, 6.45) is 1.05. The lowest BCUT2D eigenvalue weighted by Gasteiger charge is -2.38. The highest BCUT2D eigenvalue weighted by molar-refractivity contribution is 5.85. The molecule has 2 heterocycles. The largest absolute Gasteiger partial charge is 0.367 e. The maximum absolute atomic E-state index is 12.6. The average molecular weight is 311 g/mol. The van der Waals surface area contributed by atoms with Gasteiger partial charge in [0.05, 0.1) is 18.6 Å². The second kappa shape index (κ2) is 7.25. The summed E-state index contributed by atoms with van der Waals surface area (Å²) >= 11 is 0. The fraction of sp³-hybridized carbons (Fsp3) is 0.562. The van der Waals surface area contributed by atoms with Crippen molar-refractivity contribution in [1.29, 1.82) is 0 Å². The highest BCUT2D eigenvalue weighted by Crippen LogP contribution is 2.26. The van der Waals surface area contributed by atoms with Gasteiger partial charge in [-0.2, -0.15) is 0 Å². The van der Waals surface area contributed by atoms with E-state index in [1.807, 2.05) is 30.0 Å². The first-order chi connectivity index (χ1) is 9.74. The molecule has 5 heteroatoms. The molecule has 3 atom stereocenters. The molecule has 0 radical (unpaired) electrons. The van der Waals surface area contributed by atoms with Crippen molar-refractivity contribution in [2.75, 3.05) is 26.2 Å². The van der Waals surface area contributed by atoms with Crippen molar-refractivity contribution in [1.82, 2.24) is 10.2 Å². The van der Waals surface area contributed by atoms with Crippen LogP contribution in [0.5, 0.6) is 0 Å². The van der Waals surface area contributed by atoms with Crippen molar-refractivity contribution in [2.45, 2.75) is 25.6 Å².